The first-order valence-electron chi connectivity index (χ1n) is 11.7. The standard InChI is InChI=1S/C10H18O10S.C9H18O9S.2Na/c11-5-18-2-1-3-19-10-9(14)8(13)7(12)6(20-10)4-21(15,16)17;10-2-1-3-17-9-8(13)7(12)6(11)5(18-9)4-19(14,15)16;;/h5-10,12-14H,1-4H2,(H,15,16,17);5-13H,1-4H2,(H,14,15,16);;/q;;2*+1/p-2/t6-,7-,8+,9-,10+;5-,6-,7+,8-,9+;;/m11../s1. The summed E-state index contributed by atoms with van der Waals surface area (Å²) in [6.07, 6.45) is -15.3. The minimum Gasteiger partial charge on any atom is -0.748 e. The summed E-state index contributed by atoms with van der Waals surface area (Å²) in [7, 11) is -9.37. The number of carbonyl (C=O) groups is 1. The van der Waals surface area contributed by atoms with E-state index in [0.29, 0.717) is 0 Å². The first-order chi connectivity index (χ1) is 18.5. The quantitative estimate of drug-likeness (QED) is 0.0388. The van der Waals surface area contributed by atoms with E-state index in [1.54, 1.807) is 0 Å². The van der Waals surface area contributed by atoms with Crippen molar-refractivity contribution in [3.05, 3.63) is 0 Å². The molecule has 0 bridgehead atoms. The maximum atomic E-state index is 10.7. The number of ether oxygens (including phenoxy) is 5. The molecule has 0 saturated carbocycles. The molecule has 2 aliphatic heterocycles. The van der Waals surface area contributed by atoms with E-state index in [1.165, 1.54) is 0 Å². The predicted octanol–water partition coefficient (Wildman–Crippen LogP) is -12.3. The average Bonchev–Trinajstić information content (AvgIpc) is 2.85. The van der Waals surface area contributed by atoms with Crippen molar-refractivity contribution in [2.75, 3.05) is 37.9 Å². The van der Waals surface area contributed by atoms with E-state index < -0.39 is 93.2 Å². The molecule has 0 aromatic heterocycles. The van der Waals surface area contributed by atoms with Crippen LogP contribution in [0.15, 0.2) is 0 Å². The van der Waals surface area contributed by atoms with Gasteiger partial charge in [0.05, 0.1) is 51.6 Å². The topological polar surface area (TPSA) is 319 Å². The Morgan fingerprint density at radius 1 is 0.643 bits per heavy atom. The largest absolute Gasteiger partial charge is 1.00 e. The van der Waals surface area contributed by atoms with Crippen molar-refractivity contribution in [3.63, 3.8) is 0 Å². The summed E-state index contributed by atoms with van der Waals surface area (Å²) in [5.74, 6) is -2.11. The van der Waals surface area contributed by atoms with E-state index in [4.69, 9.17) is 24.1 Å². The summed E-state index contributed by atoms with van der Waals surface area (Å²) in [4.78, 5) is 9.90. The zero-order chi connectivity index (χ0) is 30.7. The zero-order valence-corrected chi connectivity index (χ0v) is 28.5. The fourth-order valence-electron chi connectivity index (χ4n) is 3.44. The maximum Gasteiger partial charge on any atom is 1.00 e. The fourth-order valence-corrected chi connectivity index (χ4v) is 4.80. The van der Waals surface area contributed by atoms with E-state index in [2.05, 4.69) is 4.74 Å². The van der Waals surface area contributed by atoms with Gasteiger partial charge in [0.1, 0.15) is 48.8 Å². The van der Waals surface area contributed by atoms with Crippen LogP contribution >= 0.6 is 0 Å². The molecule has 0 aliphatic carbocycles. The van der Waals surface area contributed by atoms with Gasteiger partial charge in [0.25, 0.3) is 6.47 Å². The number of carbonyl (C=O) groups excluding carboxylic acids is 1. The molecular formula is C19H34Na2O19S2. The van der Waals surface area contributed by atoms with E-state index >= 15 is 0 Å². The van der Waals surface area contributed by atoms with Gasteiger partial charge in [-0.2, -0.15) is 0 Å². The minimum absolute atomic E-state index is 0. The number of hydrogen-bond donors (Lipinski definition) is 7. The smallest absolute Gasteiger partial charge is 0.748 e. The number of aliphatic hydroxyl groups excluding tert-OH is 7. The predicted molar refractivity (Wildman–Crippen MR) is 123 cm³/mol. The van der Waals surface area contributed by atoms with Gasteiger partial charge in [-0.25, -0.2) is 16.8 Å². The zero-order valence-electron chi connectivity index (χ0n) is 22.9. The Morgan fingerprint density at radius 2 is 1.02 bits per heavy atom. The Bertz CT molecular complexity index is 957. The monoisotopic (exact) mass is 676 g/mol. The van der Waals surface area contributed by atoms with Gasteiger partial charge >= 0.3 is 59.1 Å². The summed E-state index contributed by atoms with van der Waals surface area (Å²) >= 11 is 0. The molecule has 19 nitrogen and oxygen atoms in total. The van der Waals surface area contributed by atoms with E-state index in [9.17, 15) is 61.4 Å². The van der Waals surface area contributed by atoms with Crippen LogP contribution in [0.3, 0.4) is 0 Å². The van der Waals surface area contributed by atoms with Crippen LogP contribution in [0.5, 0.6) is 0 Å². The third-order valence-electron chi connectivity index (χ3n) is 5.42. The second-order valence-corrected chi connectivity index (χ2v) is 11.5. The molecular weight excluding hydrogens is 642 g/mol. The molecule has 0 aromatic rings. The average molecular weight is 677 g/mol. The van der Waals surface area contributed by atoms with Crippen LogP contribution < -0.4 is 59.1 Å². The Hall–Kier alpha value is 0.850. The molecule has 10 atom stereocenters. The number of rotatable bonds is 14. The van der Waals surface area contributed by atoms with Crippen molar-refractivity contribution in [2.24, 2.45) is 0 Å². The molecule has 23 heteroatoms. The maximum absolute atomic E-state index is 10.7. The molecule has 2 rings (SSSR count). The van der Waals surface area contributed by atoms with Crippen LogP contribution in [-0.2, 0) is 48.7 Å². The van der Waals surface area contributed by atoms with Crippen LogP contribution in [-0.4, -0.2) is 168 Å². The van der Waals surface area contributed by atoms with Crippen molar-refractivity contribution in [3.8, 4) is 0 Å². The van der Waals surface area contributed by atoms with Crippen molar-refractivity contribution in [2.45, 2.75) is 74.3 Å². The van der Waals surface area contributed by atoms with Gasteiger partial charge in [-0.15, -0.1) is 0 Å². The van der Waals surface area contributed by atoms with Crippen molar-refractivity contribution in [1.29, 1.82) is 0 Å². The Labute approximate surface area is 286 Å². The summed E-state index contributed by atoms with van der Waals surface area (Å²) in [6, 6.07) is 0. The molecule has 7 N–H and O–H groups in total. The van der Waals surface area contributed by atoms with Crippen LogP contribution in [0.1, 0.15) is 12.8 Å². The normalized spacial score (nSPS) is 33.3. The van der Waals surface area contributed by atoms with Crippen LogP contribution in [0.25, 0.3) is 0 Å². The van der Waals surface area contributed by atoms with Gasteiger partial charge in [0.2, 0.25) is 0 Å². The van der Waals surface area contributed by atoms with Gasteiger partial charge in [-0.05, 0) is 6.42 Å². The third-order valence-corrected chi connectivity index (χ3v) is 6.89. The summed E-state index contributed by atoms with van der Waals surface area (Å²) in [6.45, 7) is 0.135. The Balaban J connectivity index is 0. The molecule has 42 heavy (non-hydrogen) atoms. The molecule has 0 radical (unpaired) electrons. The molecule has 238 valence electrons. The number of aliphatic hydroxyl groups is 7. The summed E-state index contributed by atoms with van der Waals surface area (Å²) in [5.41, 5.74) is 0. The van der Waals surface area contributed by atoms with E-state index in [-0.39, 0.29) is 105 Å². The molecule has 2 heterocycles. The summed E-state index contributed by atoms with van der Waals surface area (Å²) in [5, 5.41) is 66.0. The molecule has 2 fully saturated rings. The van der Waals surface area contributed by atoms with Gasteiger partial charge in [-0.3, -0.25) is 4.79 Å². The molecule has 2 saturated heterocycles. The first-order valence-corrected chi connectivity index (χ1v) is 14.8. The SMILES string of the molecule is O=COCCCO[C@H]1O[C@H](CS(=O)(=O)[O-])[C@@H](O)[C@H](O)[C@H]1O.O=S(=O)([O-])C[C@H]1O[C@H](OCCCO)[C@H](O)[C@@H](O)[C@@H]1O.[Na+].[Na+]. The Kier molecular flexibility index (Phi) is 23.1. The van der Waals surface area contributed by atoms with Crippen molar-refractivity contribution >= 4 is 26.7 Å². The van der Waals surface area contributed by atoms with Gasteiger partial charge in [-0.1, -0.05) is 0 Å². The van der Waals surface area contributed by atoms with Crippen LogP contribution in [0.2, 0.25) is 0 Å². The molecule has 0 spiro atoms. The fraction of sp³-hybridized carbons (Fsp3) is 0.947. The minimum atomic E-state index is -4.70. The van der Waals surface area contributed by atoms with Crippen molar-refractivity contribution < 1.29 is 149 Å². The molecule has 2 aliphatic rings. The second-order valence-electron chi connectivity index (χ2n) is 8.62. The van der Waals surface area contributed by atoms with Crippen molar-refractivity contribution in [1.82, 2.24) is 0 Å². The van der Waals surface area contributed by atoms with Gasteiger partial charge in [0, 0.05) is 13.0 Å². The Morgan fingerprint density at radius 3 is 1.36 bits per heavy atom. The van der Waals surface area contributed by atoms with Crippen LogP contribution in [0.4, 0.5) is 0 Å². The molecule has 0 amide bonds. The number of hydrogen-bond acceptors (Lipinski definition) is 19. The summed E-state index contributed by atoms with van der Waals surface area (Å²) < 4.78 is 88.4. The van der Waals surface area contributed by atoms with Gasteiger partial charge < -0.3 is 68.5 Å². The van der Waals surface area contributed by atoms with Gasteiger partial charge in [0.15, 0.2) is 12.6 Å². The second kappa shape index (κ2) is 21.6. The van der Waals surface area contributed by atoms with E-state index in [0.717, 1.165) is 0 Å². The van der Waals surface area contributed by atoms with E-state index in [1.807, 2.05) is 0 Å². The third kappa shape index (κ3) is 16.4. The van der Waals surface area contributed by atoms with Crippen LogP contribution in [0, 0.1) is 0 Å². The molecule has 0 unspecified atom stereocenters. The molecule has 0 aromatic carbocycles. The first kappa shape index (κ1) is 45.0.